The summed E-state index contributed by atoms with van der Waals surface area (Å²) in [7, 11) is 0. The first-order chi connectivity index (χ1) is 11.5. The van der Waals surface area contributed by atoms with E-state index in [1.807, 2.05) is 24.3 Å². The third-order valence-electron chi connectivity index (χ3n) is 3.08. The summed E-state index contributed by atoms with van der Waals surface area (Å²) in [6, 6.07) is 14.9. The molecule has 0 aliphatic carbocycles. The van der Waals surface area contributed by atoms with Crippen molar-refractivity contribution < 1.29 is 19.4 Å². The summed E-state index contributed by atoms with van der Waals surface area (Å²) >= 11 is 2.26. The molecule has 2 aromatic carbocycles. The van der Waals surface area contributed by atoms with E-state index in [2.05, 4.69) is 27.9 Å². The molecule has 0 aliphatic heterocycles. The van der Waals surface area contributed by atoms with Crippen molar-refractivity contribution in [2.75, 3.05) is 0 Å². The molecule has 0 atom stereocenters. The normalized spacial score (nSPS) is 11.0. The van der Waals surface area contributed by atoms with Gasteiger partial charge in [-0.3, -0.25) is 4.79 Å². The van der Waals surface area contributed by atoms with Crippen molar-refractivity contribution in [3.05, 3.63) is 68.9 Å². The zero-order chi connectivity index (χ0) is 17.5. The molecule has 2 aromatic rings. The highest BCUT2D eigenvalue weighted by molar-refractivity contribution is 14.1. The van der Waals surface area contributed by atoms with E-state index in [1.54, 1.807) is 24.3 Å². The van der Waals surface area contributed by atoms with Crippen LogP contribution in [-0.2, 0) is 16.2 Å². The lowest BCUT2D eigenvalue weighted by molar-refractivity contribution is -0.134. The molecular weight excluding hydrogens is 421 g/mol. The van der Waals surface area contributed by atoms with Crippen LogP contribution in [0.4, 0.5) is 0 Å². The summed E-state index contributed by atoms with van der Waals surface area (Å²) < 4.78 is 6.87. The van der Waals surface area contributed by atoms with Gasteiger partial charge in [-0.25, -0.2) is 4.79 Å². The van der Waals surface area contributed by atoms with Crippen LogP contribution in [0.15, 0.2) is 54.2 Å². The van der Waals surface area contributed by atoms with E-state index in [4.69, 9.17) is 9.84 Å². The maximum absolute atomic E-state index is 11.1. The van der Waals surface area contributed by atoms with Gasteiger partial charge in [0.1, 0.15) is 18.1 Å². The maximum Gasteiger partial charge on any atom is 0.352 e. The Bertz CT molecular complexity index is 769. The molecule has 24 heavy (non-hydrogen) atoms. The molecule has 0 aromatic heterocycles. The highest BCUT2D eigenvalue weighted by atomic mass is 127. The first-order valence-corrected chi connectivity index (χ1v) is 8.22. The number of carbonyl (C=O) groups excluding carboxylic acids is 1. The average molecular weight is 437 g/mol. The van der Waals surface area contributed by atoms with Gasteiger partial charge in [0.15, 0.2) is 0 Å². The van der Waals surface area contributed by atoms with E-state index < -0.39 is 11.9 Å². The van der Waals surface area contributed by atoms with Crippen molar-refractivity contribution in [3.63, 3.8) is 0 Å². The van der Waals surface area contributed by atoms with E-state index in [1.165, 1.54) is 13.0 Å². The van der Waals surface area contributed by atoms with Gasteiger partial charge in [0.05, 0.1) is 0 Å². The van der Waals surface area contributed by atoms with E-state index in [0.29, 0.717) is 17.9 Å². The third kappa shape index (κ3) is 5.38. The minimum atomic E-state index is -1.19. The van der Waals surface area contributed by atoms with Gasteiger partial charge in [-0.05, 0) is 52.4 Å². The summed E-state index contributed by atoms with van der Waals surface area (Å²) in [5, 5.41) is 11.4. The molecule has 0 heterocycles. The summed E-state index contributed by atoms with van der Waals surface area (Å²) in [4.78, 5) is 22.1. The Labute approximate surface area is 153 Å². The number of hydrogen-bond acceptors (Lipinski definition) is 3. The lowest BCUT2D eigenvalue weighted by Crippen LogP contribution is -2.24. The Morgan fingerprint density at radius 3 is 2.42 bits per heavy atom. The second-order valence-corrected chi connectivity index (χ2v) is 6.16. The highest BCUT2D eigenvalue weighted by Crippen LogP contribution is 2.18. The summed E-state index contributed by atoms with van der Waals surface area (Å²) in [5.41, 5.74) is 1.58. The van der Waals surface area contributed by atoms with Gasteiger partial charge in [0.25, 0.3) is 0 Å². The molecule has 0 radical (unpaired) electrons. The fourth-order valence-electron chi connectivity index (χ4n) is 1.94. The molecule has 2 N–H and O–H groups in total. The fourth-order valence-corrected chi connectivity index (χ4v) is 2.49. The molecule has 0 unspecified atom stereocenters. The zero-order valence-electron chi connectivity index (χ0n) is 13.0. The lowest BCUT2D eigenvalue weighted by Gasteiger charge is -2.08. The standard InChI is InChI=1S/C18H16INO4/c1-12(21)20-17(18(22)23)10-13-6-8-15(9-7-13)24-11-14-4-2-3-5-16(14)19/h2-10H,11H2,1H3,(H,20,21)(H,22,23)/b17-10+. The number of carboxylic acid groups (broad SMARTS) is 1. The number of carbonyl (C=O) groups is 2. The molecule has 0 spiro atoms. The lowest BCUT2D eigenvalue weighted by atomic mass is 10.2. The molecule has 6 heteroatoms. The van der Waals surface area contributed by atoms with E-state index in [0.717, 1.165) is 9.13 Å². The van der Waals surface area contributed by atoms with Crippen LogP contribution in [-0.4, -0.2) is 17.0 Å². The second kappa shape index (κ2) is 8.49. The maximum atomic E-state index is 11.1. The first-order valence-electron chi connectivity index (χ1n) is 7.14. The molecule has 0 fully saturated rings. The Hall–Kier alpha value is -2.35. The van der Waals surface area contributed by atoms with Crippen molar-refractivity contribution in [3.8, 4) is 5.75 Å². The molecule has 0 bridgehead atoms. The Kier molecular flexibility index (Phi) is 6.36. The van der Waals surface area contributed by atoms with E-state index in [-0.39, 0.29) is 5.70 Å². The van der Waals surface area contributed by atoms with Crippen molar-refractivity contribution in [1.29, 1.82) is 0 Å². The zero-order valence-corrected chi connectivity index (χ0v) is 15.1. The third-order valence-corrected chi connectivity index (χ3v) is 4.14. The summed E-state index contributed by atoms with van der Waals surface area (Å²) in [6.45, 7) is 1.72. The number of ether oxygens (including phenoxy) is 1. The quantitative estimate of drug-likeness (QED) is 0.537. The smallest absolute Gasteiger partial charge is 0.352 e. The Balaban J connectivity index is 2.06. The first kappa shape index (κ1) is 18.0. The molecule has 0 saturated carbocycles. The highest BCUT2D eigenvalue weighted by Gasteiger charge is 2.08. The number of benzene rings is 2. The summed E-state index contributed by atoms with van der Waals surface area (Å²) in [5.74, 6) is -0.937. The van der Waals surface area contributed by atoms with Gasteiger partial charge in [0, 0.05) is 16.1 Å². The monoisotopic (exact) mass is 437 g/mol. The topological polar surface area (TPSA) is 75.6 Å². The molecule has 0 saturated heterocycles. The van der Waals surface area contributed by atoms with Crippen LogP contribution in [0, 0.1) is 3.57 Å². The van der Waals surface area contributed by atoms with Gasteiger partial charge in [-0.2, -0.15) is 0 Å². The minimum absolute atomic E-state index is 0.171. The number of amides is 1. The van der Waals surface area contributed by atoms with Crippen LogP contribution in [0.1, 0.15) is 18.1 Å². The second-order valence-electron chi connectivity index (χ2n) is 4.99. The van der Waals surface area contributed by atoms with Crippen LogP contribution in [0.3, 0.4) is 0 Å². The van der Waals surface area contributed by atoms with Crippen LogP contribution >= 0.6 is 22.6 Å². The van der Waals surface area contributed by atoms with Crippen LogP contribution in [0.2, 0.25) is 0 Å². The van der Waals surface area contributed by atoms with Crippen molar-refractivity contribution in [2.24, 2.45) is 0 Å². The van der Waals surface area contributed by atoms with Gasteiger partial charge in [-0.15, -0.1) is 0 Å². The molecule has 1 amide bonds. The molecule has 124 valence electrons. The average Bonchev–Trinajstić information content (AvgIpc) is 2.54. The largest absolute Gasteiger partial charge is 0.489 e. The van der Waals surface area contributed by atoms with Crippen LogP contribution in [0.25, 0.3) is 6.08 Å². The number of hydrogen-bond donors (Lipinski definition) is 2. The van der Waals surface area contributed by atoms with Crippen LogP contribution in [0.5, 0.6) is 5.75 Å². The fraction of sp³-hybridized carbons (Fsp3) is 0.111. The SMILES string of the molecule is CC(=O)N/C(=C/c1ccc(OCc2ccccc2I)cc1)C(=O)O. The van der Waals surface area contributed by atoms with Crippen molar-refractivity contribution in [2.45, 2.75) is 13.5 Å². The molecular formula is C18H16INO4. The summed E-state index contributed by atoms with van der Waals surface area (Å²) in [6.07, 6.45) is 1.40. The van der Waals surface area contributed by atoms with E-state index in [9.17, 15) is 9.59 Å². The van der Waals surface area contributed by atoms with E-state index >= 15 is 0 Å². The van der Waals surface area contributed by atoms with Crippen LogP contribution < -0.4 is 10.1 Å². The Morgan fingerprint density at radius 1 is 1.17 bits per heavy atom. The van der Waals surface area contributed by atoms with Gasteiger partial charge < -0.3 is 15.2 Å². The van der Waals surface area contributed by atoms with Gasteiger partial charge in [0.2, 0.25) is 5.91 Å². The predicted octanol–water partition coefficient (Wildman–Crippen LogP) is 3.43. The molecule has 5 nitrogen and oxygen atoms in total. The van der Waals surface area contributed by atoms with Crippen molar-refractivity contribution >= 4 is 40.5 Å². The number of rotatable bonds is 6. The Morgan fingerprint density at radius 2 is 1.83 bits per heavy atom. The molecule has 0 aliphatic rings. The number of halogens is 1. The number of carboxylic acids is 1. The van der Waals surface area contributed by atoms with Gasteiger partial charge in [-0.1, -0.05) is 30.3 Å². The minimum Gasteiger partial charge on any atom is -0.489 e. The predicted molar refractivity (Wildman–Crippen MR) is 99.4 cm³/mol. The molecule has 2 rings (SSSR count). The number of nitrogens with one attached hydrogen (secondary N) is 1. The van der Waals surface area contributed by atoms with Crippen molar-refractivity contribution in [1.82, 2.24) is 5.32 Å². The van der Waals surface area contributed by atoms with Gasteiger partial charge >= 0.3 is 5.97 Å². The number of aliphatic carboxylic acids is 1.